The van der Waals surface area contributed by atoms with Gasteiger partial charge in [0, 0.05) is 68.2 Å². The lowest BCUT2D eigenvalue weighted by molar-refractivity contribution is 0.669. The molecule has 2 nitrogen and oxygen atoms in total. The van der Waals surface area contributed by atoms with Gasteiger partial charge in [0.25, 0.3) is 0 Å². The zero-order valence-corrected chi connectivity index (χ0v) is 29.5. The minimum atomic E-state index is 0.910. The number of nitrogens with zero attached hydrogens (tertiary/aromatic N) is 1. The molecular weight excluding hydrogens is 671 g/mol. The molecule has 0 aliphatic carbocycles. The van der Waals surface area contributed by atoms with E-state index in [1.54, 1.807) is 0 Å². The number of furan rings is 1. The van der Waals surface area contributed by atoms with E-state index in [0.717, 1.165) is 50.1 Å². The van der Waals surface area contributed by atoms with E-state index < -0.39 is 0 Å². The Labute approximate surface area is 308 Å². The summed E-state index contributed by atoms with van der Waals surface area (Å²) >= 11 is 3.72. The van der Waals surface area contributed by atoms with Gasteiger partial charge in [0.2, 0.25) is 0 Å². The Morgan fingerprint density at radius 1 is 0.308 bits per heavy atom. The minimum Gasteiger partial charge on any atom is -0.456 e. The lowest BCUT2D eigenvalue weighted by atomic mass is 10.0. The predicted molar refractivity (Wildman–Crippen MR) is 225 cm³/mol. The number of thiophene rings is 2. The number of para-hydroxylation sites is 1. The third-order valence-corrected chi connectivity index (χ3v) is 12.6. The fourth-order valence-corrected chi connectivity index (χ4v) is 10.0. The van der Waals surface area contributed by atoms with Gasteiger partial charge in [-0.15, -0.1) is 22.7 Å². The van der Waals surface area contributed by atoms with Crippen LogP contribution in [0.2, 0.25) is 0 Å². The molecule has 0 saturated carbocycles. The van der Waals surface area contributed by atoms with Gasteiger partial charge in [-0.05, 0) is 95.1 Å². The Morgan fingerprint density at radius 3 is 1.40 bits per heavy atom. The van der Waals surface area contributed by atoms with Crippen LogP contribution in [0.15, 0.2) is 180 Å². The highest BCUT2D eigenvalue weighted by Gasteiger charge is 2.16. The monoisotopic (exact) mass is 699 g/mol. The standard InChI is InChI=1S/C48H29NOS2/c1-4-10-43-37(7-1)38-24-17-32(27-44(38)50-43)30-13-19-34(20-14-30)49(36-23-26-42-40-9-3-6-12-46(40)52-48(42)29-36)35-21-15-31(16-22-35)33-18-25-41-39-8-2-5-11-45(39)51-47(41)28-33/h1-29H. The van der Waals surface area contributed by atoms with Crippen molar-refractivity contribution < 1.29 is 4.42 Å². The third-order valence-electron chi connectivity index (χ3n) is 10.3. The molecule has 8 aromatic carbocycles. The quantitative estimate of drug-likeness (QED) is 0.178. The summed E-state index contributed by atoms with van der Waals surface area (Å²) in [5.41, 5.74) is 9.91. The molecule has 4 heteroatoms. The topological polar surface area (TPSA) is 16.4 Å². The molecule has 0 amide bonds. The molecule has 0 bridgehead atoms. The summed E-state index contributed by atoms with van der Waals surface area (Å²) in [4.78, 5) is 2.37. The average molecular weight is 700 g/mol. The van der Waals surface area contributed by atoms with Crippen LogP contribution in [0.3, 0.4) is 0 Å². The third kappa shape index (κ3) is 4.76. The van der Waals surface area contributed by atoms with Crippen LogP contribution in [0.4, 0.5) is 17.1 Å². The highest BCUT2D eigenvalue weighted by Crippen LogP contribution is 2.42. The Kier molecular flexibility index (Phi) is 6.63. The molecule has 0 radical (unpaired) electrons. The van der Waals surface area contributed by atoms with Crippen molar-refractivity contribution in [3.8, 4) is 22.3 Å². The molecular formula is C48H29NOS2. The summed E-state index contributed by atoms with van der Waals surface area (Å²) in [7, 11) is 0. The predicted octanol–water partition coefficient (Wildman–Crippen LogP) is 15.1. The number of hydrogen-bond acceptors (Lipinski definition) is 4. The maximum absolute atomic E-state index is 6.22. The van der Waals surface area contributed by atoms with Crippen LogP contribution < -0.4 is 4.90 Å². The van der Waals surface area contributed by atoms with Crippen molar-refractivity contribution in [2.24, 2.45) is 0 Å². The van der Waals surface area contributed by atoms with Crippen molar-refractivity contribution >= 4 is 102 Å². The second-order valence-electron chi connectivity index (χ2n) is 13.3. The molecule has 0 atom stereocenters. The Hall–Kier alpha value is -6.20. The molecule has 11 aromatic rings. The van der Waals surface area contributed by atoms with E-state index >= 15 is 0 Å². The first-order chi connectivity index (χ1) is 25.7. The van der Waals surface area contributed by atoms with E-state index in [1.165, 1.54) is 51.5 Å². The maximum atomic E-state index is 6.22. The van der Waals surface area contributed by atoms with Gasteiger partial charge in [-0.2, -0.15) is 0 Å². The largest absolute Gasteiger partial charge is 0.456 e. The number of benzene rings is 8. The van der Waals surface area contributed by atoms with Crippen molar-refractivity contribution in [1.82, 2.24) is 0 Å². The molecule has 0 aliphatic rings. The molecule has 0 fully saturated rings. The highest BCUT2D eigenvalue weighted by atomic mass is 32.1. The second kappa shape index (κ2) is 11.7. The van der Waals surface area contributed by atoms with Gasteiger partial charge in [-0.25, -0.2) is 0 Å². The minimum absolute atomic E-state index is 0.910. The molecule has 3 aromatic heterocycles. The Bertz CT molecular complexity index is 2970. The molecule has 0 saturated heterocycles. The van der Waals surface area contributed by atoms with Gasteiger partial charge in [-0.3, -0.25) is 0 Å². The van der Waals surface area contributed by atoms with Crippen molar-refractivity contribution in [2.45, 2.75) is 0 Å². The van der Waals surface area contributed by atoms with Crippen LogP contribution in [-0.2, 0) is 0 Å². The first-order valence-electron chi connectivity index (χ1n) is 17.5. The highest BCUT2D eigenvalue weighted by molar-refractivity contribution is 7.26. The van der Waals surface area contributed by atoms with E-state index in [9.17, 15) is 0 Å². The molecule has 0 spiro atoms. The first-order valence-corrected chi connectivity index (χ1v) is 19.1. The van der Waals surface area contributed by atoms with Gasteiger partial charge in [-0.1, -0.05) is 103 Å². The summed E-state index contributed by atoms with van der Waals surface area (Å²) in [6.07, 6.45) is 0. The SMILES string of the molecule is c1ccc2c(c1)oc1cc(-c3ccc(N(c4ccc(-c5ccc6c(c5)sc5ccccc56)cc4)c4ccc5c(c4)sc4ccccc45)cc3)ccc12. The number of hydrogen-bond donors (Lipinski definition) is 0. The van der Waals surface area contributed by atoms with Crippen LogP contribution in [0.5, 0.6) is 0 Å². The Balaban J connectivity index is 0.992. The van der Waals surface area contributed by atoms with Crippen LogP contribution in [-0.4, -0.2) is 0 Å². The second-order valence-corrected chi connectivity index (χ2v) is 15.5. The zero-order valence-electron chi connectivity index (χ0n) is 27.9. The molecule has 0 aliphatic heterocycles. The molecule has 52 heavy (non-hydrogen) atoms. The van der Waals surface area contributed by atoms with Crippen LogP contribution in [0.25, 0.3) is 84.5 Å². The summed E-state index contributed by atoms with van der Waals surface area (Å²) in [5.74, 6) is 0. The summed E-state index contributed by atoms with van der Waals surface area (Å²) in [5, 5.41) is 7.56. The lowest BCUT2D eigenvalue weighted by Gasteiger charge is -2.26. The fraction of sp³-hybridized carbons (Fsp3) is 0. The molecule has 244 valence electrons. The van der Waals surface area contributed by atoms with Crippen molar-refractivity contribution in [1.29, 1.82) is 0 Å². The van der Waals surface area contributed by atoms with E-state index in [1.807, 2.05) is 34.8 Å². The fourth-order valence-electron chi connectivity index (χ4n) is 7.72. The van der Waals surface area contributed by atoms with Crippen molar-refractivity contribution in [2.75, 3.05) is 4.90 Å². The Morgan fingerprint density at radius 2 is 0.750 bits per heavy atom. The molecule has 3 heterocycles. The summed E-state index contributed by atoms with van der Waals surface area (Å²) in [6.45, 7) is 0. The summed E-state index contributed by atoms with van der Waals surface area (Å²) in [6, 6.07) is 63.8. The van der Waals surface area contributed by atoms with Crippen LogP contribution in [0, 0.1) is 0 Å². The number of fused-ring (bicyclic) bond motifs is 9. The lowest BCUT2D eigenvalue weighted by Crippen LogP contribution is -2.09. The number of anilines is 3. The van der Waals surface area contributed by atoms with Crippen molar-refractivity contribution in [3.05, 3.63) is 176 Å². The average Bonchev–Trinajstić information content (AvgIpc) is 3.89. The smallest absolute Gasteiger partial charge is 0.136 e. The van der Waals surface area contributed by atoms with Gasteiger partial charge in [0.1, 0.15) is 11.2 Å². The van der Waals surface area contributed by atoms with Crippen LogP contribution >= 0.6 is 22.7 Å². The normalized spacial score (nSPS) is 11.8. The van der Waals surface area contributed by atoms with Crippen molar-refractivity contribution in [3.63, 3.8) is 0 Å². The van der Waals surface area contributed by atoms with Crippen LogP contribution in [0.1, 0.15) is 0 Å². The van der Waals surface area contributed by atoms with E-state index in [0.29, 0.717) is 0 Å². The van der Waals surface area contributed by atoms with E-state index in [2.05, 4.69) is 169 Å². The molecule has 0 unspecified atom stereocenters. The van der Waals surface area contributed by atoms with Gasteiger partial charge in [0.05, 0.1) is 0 Å². The number of rotatable bonds is 5. The zero-order chi connectivity index (χ0) is 34.2. The summed E-state index contributed by atoms with van der Waals surface area (Å²) < 4.78 is 11.5. The molecule has 0 N–H and O–H groups in total. The van der Waals surface area contributed by atoms with Gasteiger partial charge >= 0.3 is 0 Å². The van der Waals surface area contributed by atoms with Gasteiger partial charge in [0.15, 0.2) is 0 Å². The first kappa shape index (κ1) is 29.5. The maximum Gasteiger partial charge on any atom is 0.136 e. The van der Waals surface area contributed by atoms with E-state index in [-0.39, 0.29) is 0 Å². The van der Waals surface area contributed by atoms with Gasteiger partial charge < -0.3 is 9.32 Å². The van der Waals surface area contributed by atoms with E-state index in [4.69, 9.17) is 4.42 Å². The molecule has 11 rings (SSSR count).